The van der Waals surface area contributed by atoms with Crippen molar-refractivity contribution in [2.75, 3.05) is 0 Å². The molecule has 0 amide bonds. The molecule has 1 atom stereocenters. The summed E-state index contributed by atoms with van der Waals surface area (Å²) < 4.78 is 0. The summed E-state index contributed by atoms with van der Waals surface area (Å²) in [4.78, 5) is 11.8. The van der Waals surface area contributed by atoms with Gasteiger partial charge in [0, 0.05) is 10.8 Å². The predicted molar refractivity (Wildman–Crippen MR) is 158 cm³/mol. The van der Waals surface area contributed by atoms with Crippen LogP contribution >= 0.6 is 0 Å². The fourth-order valence-electron chi connectivity index (χ4n) is 6.85. The van der Waals surface area contributed by atoms with Gasteiger partial charge < -0.3 is 10.2 Å². The maximum atomic E-state index is 11.8. The van der Waals surface area contributed by atoms with Crippen LogP contribution in [-0.4, -0.2) is 21.8 Å². The molecule has 1 fully saturated rings. The summed E-state index contributed by atoms with van der Waals surface area (Å²) >= 11 is 0. The molecule has 2 aliphatic rings. The van der Waals surface area contributed by atoms with Crippen molar-refractivity contribution in [2.45, 2.75) is 102 Å². The Labute approximate surface area is 229 Å². The molecule has 1 unspecified atom stereocenters. The van der Waals surface area contributed by atoms with Crippen molar-refractivity contribution >= 4 is 12.0 Å². The molecule has 4 rings (SSSR count). The largest absolute Gasteiger partial charge is 0.481 e. The second-order valence-electron chi connectivity index (χ2n) is 11.6. The van der Waals surface area contributed by atoms with E-state index in [1.807, 2.05) is 18.2 Å². The molecular weight excluding hydrogens is 468 g/mol. The molecule has 202 valence electrons. The Morgan fingerprint density at radius 1 is 0.947 bits per heavy atom. The number of carbonyl (C=O) groups is 1. The fraction of sp³-hybridized carbons (Fsp3) is 0.457. The Morgan fingerprint density at radius 2 is 1.61 bits per heavy atom. The molecule has 2 aromatic carbocycles. The average molecular weight is 513 g/mol. The zero-order chi connectivity index (χ0) is 27.4. The minimum atomic E-state index is -0.773. The van der Waals surface area contributed by atoms with Gasteiger partial charge in [-0.2, -0.15) is 0 Å². The summed E-state index contributed by atoms with van der Waals surface area (Å²) in [5.74, 6) is -0.773. The van der Waals surface area contributed by atoms with Crippen molar-refractivity contribution in [3.05, 3.63) is 100 Å². The quantitative estimate of drug-likeness (QED) is 0.355. The third-order valence-corrected chi connectivity index (χ3v) is 9.25. The monoisotopic (exact) mass is 512 g/mol. The highest BCUT2D eigenvalue weighted by molar-refractivity contribution is 5.70. The molecule has 2 N–H and O–H groups in total. The molecule has 38 heavy (non-hydrogen) atoms. The number of aryl methyl sites for hydroxylation is 2. The van der Waals surface area contributed by atoms with E-state index >= 15 is 0 Å². The molecule has 0 saturated heterocycles. The van der Waals surface area contributed by atoms with E-state index in [1.54, 1.807) is 0 Å². The predicted octanol–water partition coefficient (Wildman–Crippen LogP) is 8.35. The molecular formula is C35H44O3. The van der Waals surface area contributed by atoms with Crippen LogP contribution in [0.3, 0.4) is 0 Å². The van der Waals surface area contributed by atoms with Gasteiger partial charge in [0.1, 0.15) is 0 Å². The first-order valence-electron chi connectivity index (χ1n) is 14.4. The van der Waals surface area contributed by atoms with Gasteiger partial charge in [-0.3, -0.25) is 4.79 Å². The highest BCUT2D eigenvalue weighted by atomic mass is 16.4. The lowest BCUT2D eigenvalue weighted by Gasteiger charge is -2.36. The molecule has 2 aromatic rings. The summed E-state index contributed by atoms with van der Waals surface area (Å²) in [7, 11) is 0. The van der Waals surface area contributed by atoms with E-state index in [9.17, 15) is 15.0 Å². The maximum absolute atomic E-state index is 11.8. The van der Waals surface area contributed by atoms with Crippen LogP contribution in [0.1, 0.15) is 105 Å². The lowest BCUT2D eigenvalue weighted by molar-refractivity contribution is -0.138. The third kappa shape index (κ3) is 5.59. The van der Waals surface area contributed by atoms with E-state index in [0.717, 1.165) is 55.2 Å². The van der Waals surface area contributed by atoms with E-state index in [1.165, 1.54) is 23.1 Å². The summed E-state index contributed by atoms with van der Waals surface area (Å²) in [6, 6.07) is 13.5. The second-order valence-corrected chi connectivity index (χ2v) is 11.6. The molecule has 0 aromatic heterocycles. The molecule has 0 bridgehead atoms. The van der Waals surface area contributed by atoms with Crippen molar-refractivity contribution in [3.8, 4) is 0 Å². The van der Waals surface area contributed by atoms with Crippen LogP contribution in [0.5, 0.6) is 0 Å². The van der Waals surface area contributed by atoms with Gasteiger partial charge in [-0.15, -0.1) is 0 Å². The lowest BCUT2D eigenvalue weighted by Crippen LogP contribution is -2.30. The Balaban J connectivity index is 1.68. The van der Waals surface area contributed by atoms with Crippen LogP contribution in [0.4, 0.5) is 0 Å². The van der Waals surface area contributed by atoms with Gasteiger partial charge in [-0.05, 0) is 79.3 Å². The fourth-order valence-corrected chi connectivity index (χ4v) is 6.85. The van der Waals surface area contributed by atoms with Crippen molar-refractivity contribution in [1.29, 1.82) is 0 Å². The van der Waals surface area contributed by atoms with Crippen molar-refractivity contribution in [3.63, 3.8) is 0 Å². The molecule has 0 spiro atoms. The Morgan fingerprint density at radius 3 is 2.16 bits per heavy atom. The number of carboxylic acid groups (broad SMARTS) is 1. The van der Waals surface area contributed by atoms with Gasteiger partial charge in [0.25, 0.3) is 0 Å². The van der Waals surface area contributed by atoms with E-state index in [2.05, 4.69) is 82.3 Å². The van der Waals surface area contributed by atoms with Gasteiger partial charge >= 0.3 is 5.97 Å². The summed E-state index contributed by atoms with van der Waals surface area (Å²) in [6.45, 7) is 8.81. The Bertz CT molecular complexity index is 1240. The van der Waals surface area contributed by atoms with Gasteiger partial charge in [0.15, 0.2) is 0 Å². The zero-order valence-electron chi connectivity index (χ0n) is 23.6. The minimum Gasteiger partial charge on any atom is -0.481 e. The standard InChI is InChI=1S/C35H44O3/c1-5-35(6-2,29-14-13-28(26(3)23-29)17-22-34(38)20-11-8-12-21-34)30-15-16-31(27(4)24-30)33(25-32(36)37)18-9-7-10-19-33/h7,9-10,13-18,22-24,38H,5-6,8,11-12,19-21,25H2,1-4H3,(H,36,37)/b22-17+. The highest BCUT2D eigenvalue weighted by Crippen LogP contribution is 2.43. The molecule has 3 heteroatoms. The second kappa shape index (κ2) is 11.5. The number of allylic oxidation sites excluding steroid dienone is 4. The van der Waals surface area contributed by atoms with Crippen LogP contribution in [0.25, 0.3) is 6.08 Å². The third-order valence-electron chi connectivity index (χ3n) is 9.25. The summed E-state index contributed by atoms with van der Waals surface area (Å²) in [5, 5.41) is 20.6. The number of benzene rings is 2. The lowest BCUT2D eigenvalue weighted by atomic mass is 9.67. The smallest absolute Gasteiger partial charge is 0.304 e. The van der Waals surface area contributed by atoms with E-state index < -0.39 is 17.0 Å². The van der Waals surface area contributed by atoms with Crippen molar-refractivity contribution in [2.24, 2.45) is 0 Å². The molecule has 0 radical (unpaired) electrons. The molecule has 0 aliphatic heterocycles. The minimum absolute atomic E-state index is 0.0873. The number of aliphatic hydroxyl groups is 1. The van der Waals surface area contributed by atoms with Crippen LogP contribution in [0.15, 0.2) is 66.8 Å². The first-order chi connectivity index (χ1) is 18.2. The van der Waals surface area contributed by atoms with Gasteiger partial charge in [-0.25, -0.2) is 0 Å². The Hall–Kier alpha value is -2.91. The van der Waals surface area contributed by atoms with Gasteiger partial charge in [-0.1, -0.05) is 106 Å². The maximum Gasteiger partial charge on any atom is 0.304 e. The van der Waals surface area contributed by atoms with Gasteiger partial charge in [0.2, 0.25) is 0 Å². The number of rotatable bonds is 9. The molecule has 3 nitrogen and oxygen atoms in total. The normalized spacial score (nSPS) is 21.2. The van der Waals surface area contributed by atoms with Crippen molar-refractivity contribution < 1.29 is 15.0 Å². The molecule has 0 heterocycles. The zero-order valence-corrected chi connectivity index (χ0v) is 23.6. The number of carboxylic acids is 1. The first-order valence-corrected chi connectivity index (χ1v) is 14.4. The average Bonchev–Trinajstić information content (AvgIpc) is 2.90. The first kappa shape index (κ1) is 28.1. The van der Waals surface area contributed by atoms with E-state index in [-0.39, 0.29) is 11.8 Å². The van der Waals surface area contributed by atoms with Crippen LogP contribution in [0, 0.1) is 13.8 Å². The van der Waals surface area contributed by atoms with Crippen LogP contribution in [-0.2, 0) is 15.6 Å². The highest BCUT2D eigenvalue weighted by Gasteiger charge is 2.36. The van der Waals surface area contributed by atoms with E-state index in [0.29, 0.717) is 6.42 Å². The number of aliphatic carboxylic acids is 1. The van der Waals surface area contributed by atoms with Crippen LogP contribution < -0.4 is 0 Å². The molecule has 1 saturated carbocycles. The number of hydrogen-bond donors (Lipinski definition) is 2. The summed E-state index contributed by atoms with van der Waals surface area (Å²) in [5.41, 5.74) is 5.92. The van der Waals surface area contributed by atoms with Crippen LogP contribution in [0.2, 0.25) is 0 Å². The molecule has 2 aliphatic carbocycles. The topological polar surface area (TPSA) is 57.5 Å². The Kier molecular flexibility index (Phi) is 8.47. The van der Waals surface area contributed by atoms with Gasteiger partial charge in [0.05, 0.1) is 12.0 Å². The SMILES string of the molecule is CCC(CC)(c1ccc(/C=C/C2(O)CCCCC2)c(C)c1)c1ccc(C2(CC(=O)O)C=CC=CC2)c(C)c1. The number of hydrogen-bond acceptors (Lipinski definition) is 2. The summed E-state index contributed by atoms with van der Waals surface area (Å²) in [6.07, 6.45) is 20.1. The van der Waals surface area contributed by atoms with Crippen molar-refractivity contribution in [1.82, 2.24) is 0 Å². The van der Waals surface area contributed by atoms with E-state index in [4.69, 9.17) is 0 Å².